The molecule has 1 aliphatic rings. The van der Waals surface area contributed by atoms with Crippen molar-refractivity contribution in [2.24, 2.45) is 5.92 Å². The van der Waals surface area contributed by atoms with Crippen molar-refractivity contribution in [3.63, 3.8) is 0 Å². The van der Waals surface area contributed by atoms with Crippen molar-refractivity contribution in [2.75, 3.05) is 33.4 Å². The van der Waals surface area contributed by atoms with Crippen molar-refractivity contribution in [3.05, 3.63) is 29.8 Å². The Morgan fingerprint density at radius 3 is 2.46 bits per heavy atom. The quantitative estimate of drug-likeness (QED) is 0.767. The van der Waals surface area contributed by atoms with E-state index in [1.807, 2.05) is 31.2 Å². The maximum absolute atomic E-state index is 12.1. The maximum atomic E-state index is 12.1. The number of benzene rings is 1. The third-order valence-electron chi connectivity index (χ3n) is 4.22. The number of rotatable bonds is 7. The van der Waals surface area contributed by atoms with Gasteiger partial charge < -0.3 is 14.8 Å². The van der Waals surface area contributed by atoms with Crippen LogP contribution in [-0.2, 0) is 20.9 Å². The lowest BCUT2D eigenvalue weighted by Crippen LogP contribution is -2.42. The van der Waals surface area contributed by atoms with E-state index >= 15 is 0 Å². The summed E-state index contributed by atoms with van der Waals surface area (Å²) in [6.07, 6.45) is 1.51. The number of methoxy groups -OCH3 is 1. The Bertz CT molecular complexity index is 536. The molecule has 24 heavy (non-hydrogen) atoms. The van der Waals surface area contributed by atoms with Crippen LogP contribution < -0.4 is 10.1 Å². The highest BCUT2D eigenvalue weighted by Gasteiger charge is 2.26. The summed E-state index contributed by atoms with van der Waals surface area (Å²) in [6.45, 7) is 4.61. The number of hydrogen-bond donors (Lipinski definition) is 1. The van der Waals surface area contributed by atoms with Gasteiger partial charge in [-0.2, -0.15) is 0 Å². The van der Waals surface area contributed by atoms with Gasteiger partial charge in [0.1, 0.15) is 5.75 Å². The van der Waals surface area contributed by atoms with Crippen molar-refractivity contribution in [2.45, 2.75) is 26.3 Å². The van der Waals surface area contributed by atoms with Gasteiger partial charge in [0.25, 0.3) is 0 Å². The van der Waals surface area contributed by atoms with Gasteiger partial charge in [-0.1, -0.05) is 12.1 Å². The van der Waals surface area contributed by atoms with Gasteiger partial charge >= 0.3 is 5.97 Å². The highest BCUT2D eigenvalue weighted by molar-refractivity contribution is 5.78. The van der Waals surface area contributed by atoms with Crippen LogP contribution in [0, 0.1) is 5.92 Å². The van der Waals surface area contributed by atoms with Gasteiger partial charge in [0.2, 0.25) is 5.91 Å². The third-order valence-corrected chi connectivity index (χ3v) is 4.22. The van der Waals surface area contributed by atoms with E-state index in [1.165, 1.54) is 0 Å². The predicted molar refractivity (Wildman–Crippen MR) is 90.6 cm³/mol. The Kier molecular flexibility index (Phi) is 7.06. The molecule has 1 aromatic rings. The molecule has 1 saturated heterocycles. The van der Waals surface area contributed by atoms with Crippen LogP contribution in [0.3, 0.4) is 0 Å². The van der Waals surface area contributed by atoms with Crippen molar-refractivity contribution in [3.8, 4) is 5.75 Å². The molecule has 2 rings (SSSR count). The van der Waals surface area contributed by atoms with E-state index in [4.69, 9.17) is 9.47 Å². The smallest absolute Gasteiger partial charge is 0.309 e. The van der Waals surface area contributed by atoms with Crippen molar-refractivity contribution < 1.29 is 19.1 Å². The molecule has 0 atom stereocenters. The molecule has 0 radical (unpaired) electrons. The Hall–Kier alpha value is -2.08. The molecule has 1 heterocycles. The highest BCUT2D eigenvalue weighted by atomic mass is 16.5. The second-order valence-electron chi connectivity index (χ2n) is 5.93. The first-order chi connectivity index (χ1) is 11.6. The lowest BCUT2D eigenvalue weighted by molar-refractivity contribution is -0.149. The number of carbonyl (C=O) groups is 2. The Morgan fingerprint density at radius 1 is 1.21 bits per heavy atom. The Balaban J connectivity index is 1.68. The number of esters is 1. The topological polar surface area (TPSA) is 67.9 Å². The predicted octanol–water partition coefficient (Wildman–Crippen LogP) is 1.59. The van der Waals surface area contributed by atoms with Crippen LogP contribution in [0.15, 0.2) is 24.3 Å². The molecular formula is C18H26N2O4. The van der Waals surface area contributed by atoms with Crippen molar-refractivity contribution in [1.29, 1.82) is 0 Å². The monoisotopic (exact) mass is 334 g/mol. The number of piperidine rings is 1. The minimum Gasteiger partial charge on any atom is -0.497 e. The zero-order chi connectivity index (χ0) is 17.4. The number of amides is 1. The van der Waals surface area contributed by atoms with Gasteiger partial charge in [-0.15, -0.1) is 0 Å². The number of hydrogen-bond acceptors (Lipinski definition) is 5. The van der Waals surface area contributed by atoms with Crippen LogP contribution in [-0.4, -0.2) is 50.1 Å². The normalized spacial score (nSPS) is 15.8. The molecule has 1 N–H and O–H groups in total. The van der Waals surface area contributed by atoms with Gasteiger partial charge in [0.15, 0.2) is 0 Å². The molecule has 0 aromatic heterocycles. The number of carbonyl (C=O) groups excluding carboxylic acids is 2. The first-order valence-corrected chi connectivity index (χ1v) is 8.41. The second-order valence-corrected chi connectivity index (χ2v) is 5.93. The molecule has 0 unspecified atom stereocenters. The summed E-state index contributed by atoms with van der Waals surface area (Å²) in [5, 5.41) is 2.92. The number of nitrogens with zero attached hydrogens (tertiary/aromatic N) is 1. The fourth-order valence-electron chi connectivity index (χ4n) is 2.79. The zero-order valence-corrected chi connectivity index (χ0v) is 14.4. The summed E-state index contributed by atoms with van der Waals surface area (Å²) < 4.78 is 10.2. The largest absolute Gasteiger partial charge is 0.497 e. The van der Waals surface area contributed by atoms with Crippen molar-refractivity contribution in [1.82, 2.24) is 10.2 Å². The van der Waals surface area contributed by atoms with E-state index < -0.39 is 0 Å². The molecule has 0 saturated carbocycles. The Morgan fingerprint density at radius 2 is 1.88 bits per heavy atom. The molecule has 1 aromatic carbocycles. The summed E-state index contributed by atoms with van der Waals surface area (Å²) >= 11 is 0. The minimum absolute atomic E-state index is 0.000373. The van der Waals surface area contributed by atoms with E-state index in [9.17, 15) is 9.59 Å². The summed E-state index contributed by atoms with van der Waals surface area (Å²) in [7, 11) is 1.63. The number of ether oxygens (including phenoxy) is 2. The second kappa shape index (κ2) is 9.27. The molecule has 132 valence electrons. The summed E-state index contributed by atoms with van der Waals surface area (Å²) in [5.74, 6) is 0.666. The van der Waals surface area contributed by atoms with Crippen LogP contribution in [0.5, 0.6) is 5.75 Å². The molecular weight excluding hydrogens is 308 g/mol. The first-order valence-electron chi connectivity index (χ1n) is 8.41. The van der Waals surface area contributed by atoms with Gasteiger partial charge in [-0.3, -0.25) is 14.5 Å². The van der Waals surface area contributed by atoms with Gasteiger partial charge in [-0.25, -0.2) is 0 Å². The fourth-order valence-corrected chi connectivity index (χ4v) is 2.79. The molecule has 0 aliphatic carbocycles. The lowest BCUT2D eigenvalue weighted by Gasteiger charge is -2.30. The molecule has 0 spiro atoms. The van der Waals surface area contributed by atoms with Crippen LogP contribution in [0.2, 0.25) is 0 Å². The van der Waals surface area contributed by atoms with Crippen LogP contribution in [0.1, 0.15) is 25.3 Å². The number of likely N-dealkylation sites (tertiary alicyclic amines) is 1. The average molecular weight is 334 g/mol. The van der Waals surface area contributed by atoms with E-state index in [1.54, 1.807) is 7.11 Å². The zero-order valence-electron chi connectivity index (χ0n) is 14.4. The van der Waals surface area contributed by atoms with Crippen LogP contribution in [0.4, 0.5) is 0 Å². The molecule has 6 heteroatoms. The summed E-state index contributed by atoms with van der Waals surface area (Å²) in [6, 6.07) is 7.62. The fraction of sp³-hybridized carbons (Fsp3) is 0.556. The van der Waals surface area contributed by atoms with E-state index in [2.05, 4.69) is 10.2 Å². The van der Waals surface area contributed by atoms with Gasteiger partial charge in [0.05, 0.1) is 26.2 Å². The van der Waals surface area contributed by atoms with E-state index in [0.29, 0.717) is 19.7 Å². The summed E-state index contributed by atoms with van der Waals surface area (Å²) in [5.41, 5.74) is 1.03. The van der Waals surface area contributed by atoms with Gasteiger partial charge in [-0.05, 0) is 50.6 Å². The van der Waals surface area contributed by atoms with Crippen molar-refractivity contribution >= 4 is 11.9 Å². The van der Waals surface area contributed by atoms with Gasteiger partial charge in [0, 0.05) is 6.54 Å². The highest BCUT2D eigenvalue weighted by Crippen LogP contribution is 2.18. The van der Waals surface area contributed by atoms with Crippen LogP contribution in [0.25, 0.3) is 0 Å². The maximum Gasteiger partial charge on any atom is 0.309 e. The SMILES string of the molecule is CCOC(=O)C1CCN(CC(=O)NCc2ccc(OC)cc2)CC1. The standard InChI is InChI=1S/C18H26N2O4/c1-3-24-18(22)15-8-10-20(11-9-15)13-17(21)19-12-14-4-6-16(23-2)7-5-14/h4-7,15H,3,8-13H2,1-2H3,(H,19,21). The van der Waals surface area contributed by atoms with Crippen LogP contribution >= 0.6 is 0 Å². The lowest BCUT2D eigenvalue weighted by atomic mass is 9.97. The third kappa shape index (κ3) is 5.53. The van der Waals surface area contributed by atoms with E-state index in [0.717, 1.165) is 37.2 Å². The average Bonchev–Trinajstić information content (AvgIpc) is 2.61. The van der Waals surface area contributed by atoms with E-state index in [-0.39, 0.29) is 17.8 Å². The first kappa shape index (κ1) is 18.3. The Labute approximate surface area is 143 Å². The molecule has 6 nitrogen and oxygen atoms in total. The molecule has 1 amide bonds. The summed E-state index contributed by atoms with van der Waals surface area (Å²) in [4.78, 5) is 25.8. The molecule has 1 fully saturated rings. The minimum atomic E-state index is -0.110. The molecule has 1 aliphatic heterocycles. The molecule has 0 bridgehead atoms. The number of nitrogens with one attached hydrogen (secondary N) is 1.